The summed E-state index contributed by atoms with van der Waals surface area (Å²) in [4.78, 5) is 32.7. The molecule has 1 saturated carbocycles. The van der Waals surface area contributed by atoms with Crippen LogP contribution in [0.5, 0.6) is 0 Å². The Morgan fingerprint density at radius 3 is 2.86 bits per heavy atom. The van der Waals surface area contributed by atoms with Crippen LogP contribution in [-0.4, -0.2) is 92.0 Å². The van der Waals surface area contributed by atoms with Gasteiger partial charge in [-0.25, -0.2) is 9.37 Å². The molecule has 42 heavy (non-hydrogen) atoms. The zero-order chi connectivity index (χ0) is 29.5. The Morgan fingerprint density at radius 2 is 2.07 bits per heavy atom. The van der Waals surface area contributed by atoms with Gasteiger partial charge in [0, 0.05) is 46.6 Å². The molecular formula is C31H46ClFN4O4S. The van der Waals surface area contributed by atoms with Crippen LogP contribution in [0.4, 0.5) is 4.39 Å². The lowest BCUT2D eigenvalue weighted by Gasteiger charge is -2.47. The van der Waals surface area contributed by atoms with Crippen molar-refractivity contribution in [1.29, 1.82) is 0 Å². The van der Waals surface area contributed by atoms with Crippen LogP contribution in [0.15, 0.2) is 4.79 Å². The second-order valence-corrected chi connectivity index (χ2v) is 15.2. The minimum Gasteiger partial charge on any atom is -0.481 e. The Kier molecular flexibility index (Phi) is 9.56. The Bertz CT molecular complexity index is 1200. The molecule has 3 aliphatic heterocycles. The van der Waals surface area contributed by atoms with Crippen molar-refractivity contribution in [3.8, 4) is 0 Å². The summed E-state index contributed by atoms with van der Waals surface area (Å²) in [6.07, 6.45) is 6.76. The number of thioether (sulfide) groups is 1. The third-order valence-electron chi connectivity index (χ3n) is 10.7. The van der Waals surface area contributed by atoms with Gasteiger partial charge in [0.25, 0.3) is 5.56 Å². The molecule has 3 saturated heterocycles. The lowest BCUT2D eigenvalue weighted by Crippen LogP contribution is -2.57. The van der Waals surface area contributed by atoms with Crippen molar-refractivity contribution in [2.45, 2.75) is 119 Å². The number of nitrogens with one attached hydrogen (secondary N) is 1. The molecule has 8 nitrogen and oxygen atoms in total. The fourth-order valence-electron chi connectivity index (χ4n) is 8.58. The van der Waals surface area contributed by atoms with E-state index in [2.05, 4.69) is 17.1 Å². The van der Waals surface area contributed by atoms with Crippen LogP contribution < -0.4 is 10.9 Å². The molecule has 4 fully saturated rings. The van der Waals surface area contributed by atoms with Gasteiger partial charge in [-0.05, 0) is 90.0 Å². The van der Waals surface area contributed by atoms with Gasteiger partial charge in [0.1, 0.15) is 12.0 Å². The standard InChI is InChI=1S/C31H46ClFN4O4S/c1-17-12-23(29-28(34-17)25(16-42-29)31(39)40)22-13-19(32)5-8-27(22)41-11-10-37-18(2)35-26-7-6-21(14-24(26)30(37)38)36-9-3-4-20(33)15-36/h17,19-23,25,27-29,34H,3-16H2,1-2H3,(H,39,40)/t17?,19?,20-,21-,22?,23?,25?,27?,28?,29?/m1/s1. The quantitative estimate of drug-likeness (QED) is 0.442. The number of alkyl halides is 2. The second-order valence-electron chi connectivity index (χ2n) is 13.4. The van der Waals surface area contributed by atoms with Crippen molar-refractivity contribution >= 4 is 29.3 Å². The Morgan fingerprint density at radius 1 is 1.24 bits per heavy atom. The van der Waals surface area contributed by atoms with Gasteiger partial charge in [-0.2, -0.15) is 11.8 Å². The van der Waals surface area contributed by atoms with Gasteiger partial charge in [-0.15, -0.1) is 11.6 Å². The molecule has 10 atom stereocenters. The molecule has 5 aliphatic rings. The van der Waals surface area contributed by atoms with E-state index in [1.54, 1.807) is 16.3 Å². The number of halogens is 2. The van der Waals surface area contributed by atoms with E-state index in [1.807, 2.05) is 6.92 Å². The van der Waals surface area contributed by atoms with E-state index >= 15 is 0 Å². The van der Waals surface area contributed by atoms with E-state index in [4.69, 9.17) is 21.3 Å². The first-order valence-electron chi connectivity index (χ1n) is 16.0. The lowest BCUT2D eigenvalue weighted by atomic mass is 9.70. The molecule has 1 aromatic heterocycles. The number of carboxylic acids is 1. The first-order valence-corrected chi connectivity index (χ1v) is 17.5. The molecule has 0 aromatic carbocycles. The van der Waals surface area contributed by atoms with Gasteiger partial charge in [-0.3, -0.25) is 19.1 Å². The third kappa shape index (κ3) is 6.30. The fraction of sp³-hybridized carbons (Fsp3) is 0.839. The Labute approximate surface area is 257 Å². The third-order valence-corrected chi connectivity index (χ3v) is 12.6. The number of carboxylic acid groups (broad SMARTS) is 1. The van der Waals surface area contributed by atoms with Gasteiger partial charge in [0.2, 0.25) is 0 Å². The predicted octanol–water partition coefficient (Wildman–Crippen LogP) is 3.82. The SMILES string of the molecule is Cc1nc2c(c(=O)n1CCOC1CCC(Cl)CC1C1CC(C)NC3C(C(=O)O)CSC13)C[C@H](N1CCC[C@@H](F)C1)CC2. The van der Waals surface area contributed by atoms with E-state index in [0.29, 0.717) is 44.2 Å². The molecular weight excluding hydrogens is 579 g/mol. The second kappa shape index (κ2) is 13.0. The molecule has 0 spiro atoms. The number of aryl methyl sites for hydroxylation is 2. The highest BCUT2D eigenvalue weighted by atomic mass is 35.5. The minimum absolute atomic E-state index is 0.0232. The summed E-state index contributed by atoms with van der Waals surface area (Å²) in [6, 6.07) is 0.431. The summed E-state index contributed by atoms with van der Waals surface area (Å²) in [5, 5.41) is 13.8. The van der Waals surface area contributed by atoms with Gasteiger partial charge >= 0.3 is 5.97 Å². The smallest absolute Gasteiger partial charge is 0.308 e. The van der Waals surface area contributed by atoms with Crippen molar-refractivity contribution in [2.24, 2.45) is 17.8 Å². The lowest BCUT2D eigenvalue weighted by molar-refractivity contribution is -0.142. The molecule has 0 amide bonds. The van der Waals surface area contributed by atoms with Crippen molar-refractivity contribution < 1.29 is 19.0 Å². The average Bonchev–Trinajstić information content (AvgIpc) is 3.39. The maximum atomic E-state index is 14.1. The highest BCUT2D eigenvalue weighted by molar-refractivity contribution is 8.00. The van der Waals surface area contributed by atoms with Gasteiger partial charge in [-0.1, -0.05) is 0 Å². The van der Waals surface area contributed by atoms with Crippen LogP contribution in [0.25, 0.3) is 0 Å². The molecule has 2 aliphatic carbocycles. The highest BCUT2D eigenvalue weighted by Gasteiger charge is 2.51. The fourth-order valence-corrected chi connectivity index (χ4v) is 10.7. The summed E-state index contributed by atoms with van der Waals surface area (Å²) in [7, 11) is 0. The van der Waals surface area contributed by atoms with E-state index in [1.165, 1.54) is 0 Å². The van der Waals surface area contributed by atoms with Gasteiger partial charge < -0.3 is 15.2 Å². The number of aromatic nitrogens is 2. The molecule has 0 radical (unpaired) electrons. The number of fused-ring (bicyclic) bond motifs is 2. The van der Waals surface area contributed by atoms with Crippen molar-refractivity contribution in [3.63, 3.8) is 0 Å². The zero-order valence-corrected chi connectivity index (χ0v) is 26.4. The Hall–Kier alpha value is -1.20. The molecule has 6 rings (SSSR count). The first kappa shape index (κ1) is 30.8. The topological polar surface area (TPSA) is 96.7 Å². The highest BCUT2D eigenvalue weighted by Crippen LogP contribution is 2.48. The Balaban J connectivity index is 1.13. The van der Waals surface area contributed by atoms with Crippen molar-refractivity contribution in [1.82, 2.24) is 19.8 Å². The normalized spacial score (nSPS) is 39.0. The van der Waals surface area contributed by atoms with E-state index < -0.39 is 12.1 Å². The minimum atomic E-state index is -0.771. The molecule has 4 heterocycles. The average molecular weight is 625 g/mol. The van der Waals surface area contributed by atoms with E-state index in [0.717, 1.165) is 68.6 Å². The summed E-state index contributed by atoms with van der Waals surface area (Å²) in [5.74, 6) is 0.902. The van der Waals surface area contributed by atoms with Crippen LogP contribution in [0.1, 0.15) is 69.0 Å². The zero-order valence-electron chi connectivity index (χ0n) is 24.9. The number of ether oxygens (including phenoxy) is 1. The molecule has 8 unspecified atom stereocenters. The van der Waals surface area contributed by atoms with Gasteiger partial charge in [0.05, 0.1) is 30.9 Å². The summed E-state index contributed by atoms with van der Waals surface area (Å²) >= 11 is 8.52. The van der Waals surface area contributed by atoms with Crippen LogP contribution in [0.2, 0.25) is 0 Å². The molecule has 11 heteroatoms. The predicted molar refractivity (Wildman–Crippen MR) is 163 cm³/mol. The van der Waals surface area contributed by atoms with Crippen molar-refractivity contribution in [3.05, 3.63) is 27.4 Å². The van der Waals surface area contributed by atoms with Gasteiger partial charge in [0.15, 0.2) is 0 Å². The van der Waals surface area contributed by atoms with Crippen LogP contribution in [0.3, 0.4) is 0 Å². The molecule has 2 N–H and O–H groups in total. The first-order chi connectivity index (χ1) is 20.2. The number of rotatable bonds is 7. The van der Waals surface area contributed by atoms with E-state index in [-0.39, 0.29) is 52.3 Å². The maximum absolute atomic E-state index is 14.1. The van der Waals surface area contributed by atoms with Crippen LogP contribution in [0, 0.1) is 24.7 Å². The monoisotopic (exact) mass is 624 g/mol. The maximum Gasteiger partial charge on any atom is 0.308 e. The number of carbonyl (C=O) groups is 1. The summed E-state index contributed by atoms with van der Waals surface area (Å²) in [6.45, 7) is 6.31. The molecule has 0 bridgehead atoms. The number of nitrogens with zero attached hydrogens (tertiary/aromatic N) is 3. The molecule has 234 valence electrons. The summed E-state index contributed by atoms with van der Waals surface area (Å²) in [5.41, 5.74) is 1.72. The van der Waals surface area contributed by atoms with Crippen molar-refractivity contribution in [2.75, 3.05) is 25.4 Å². The molecule has 1 aromatic rings. The van der Waals surface area contributed by atoms with Crippen LogP contribution >= 0.6 is 23.4 Å². The largest absolute Gasteiger partial charge is 0.481 e. The number of hydrogen-bond acceptors (Lipinski definition) is 7. The summed E-state index contributed by atoms with van der Waals surface area (Å²) < 4.78 is 22.5. The van der Waals surface area contributed by atoms with Crippen LogP contribution in [-0.2, 0) is 28.9 Å². The number of hydrogen-bond donors (Lipinski definition) is 2. The number of piperidine rings is 2. The number of aliphatic carboxylic acids is 1. The number of likely N-dealkylation sites (tertiary alicyclic amines) is 1. The van der Waals surface area contributed by atoms with E-state index in [9.17, 15) is 19.1 Å².